The molecule has 0 atom stereocenters. The van der Waals surface area contributed by atoms with E-state index in [0.29, 0.717) is 46.1 Å². The molecule has 0 aliphatic rings. The Morgan fingerprint density at radius 1 is 0.966 bits per heavy atom. The molecule has 0 unspecified atom stereocenters. The Bertz CT molecular complexity index is 983. The Morgan fingerprint density at radius 2 is 1.62 bits per heavy atom. The average molecular weight is 416 g/mol. The first-order valence-corrected chi connectivity index (χ1v) is 9.22. The summed E-state index contributed by atoms with van der Waals surface area (Å²) in [6, 6.07) is 10.9. The predicted molar refractivity (Wildman–Crippen MR) is 115 cm³/mol. The topological polar surface area (TPSA) is 104 Å². The van der Waals surface area contributed by atoms with E-state index in [9.17, 15) is 0 Å². The number of halogens is 1. The van der Waals surface area contributed by atoms with E-state index in [2.05, 4.69) is 20.6 Å². The van der Waals surface area contributed by atoms with Gasteiger partial charge >= 0.3 is 0 Å². The Hall–Kier alpha value is -3.39. The van der Waals surface area contributed by atoms with E-state index in [1.54, 1.807) is 19.2 Å². The smallest absolute Gasteiger partial charge is 0.159 e. The van der Waals surface area contributed by atoms with Crippen LogP contribution in [-0.4, -0.2) is 30.8 Å². The monoisotopic (exact) mass is 415 g/mol. The van der Waals surface area contributed by atoms with Gasteiger partial charge in [-0.05, 0) is 37.3 Å². The molecule has 1 heterocycles. The quantitative estimate of drug-likeness (QED) is 0.489. The summed E-state index contributed by atoms with van der Waals surface area (Å²) in [5.41, 5.74) is 8.02. The van der Waals surface area contributed by atoms with Crippen molar-refractivity contribution < 1.29 is 14.2 Å². The van der Waals surface area contributed by atoms with Gasteiger partial charge < -0.3 is 30.6 Å². The molecule has 0 aliphatic carbocycles. The SMILES string of the molecule is CCOc1ccc(Nc2ncnc(Nc3cc(Cl)c(OC)cc3OC)c2N)cc1. The van der Waals surface area contributed by atoms with E-state index in [4.69, 9.17) is 31.5 Å². The van der Waals surface area contributed by atoms with Gasteiger partial charge in [0, 0.05) is 11.8 Å². The van der Waals surface area contributed by atoms with Gasteiger partial charge in [-0.25, -0.2) is 9.97 Å². The molecule has 0 radical (unpaired) electrons. The molecule has 2 aromatic carbocycles. The molecule has 29 heavy (non-hydrogen) atoms. The summed E-state index contributed by atoms with van der Waals surface area (Å²) < 4.78 is 16.1. The highest BCUT2D eigenvalue weighted by atomic mass is 35.5. The van der Waals surface area contributed by atoms with Gasteiger partial charge in [0.2, 0.25) is 0 Å². The number of aromatic nitrogens is 2. The third-order valence-corrected chi connectivity index (χ3v) is 4.33. The number of anilines is 5. The zero-order valence-electron chi connectivity index (χ0n) is 16.3. The molecule has 0 fully saturated rings. The molecule has 0 amide bonds. The van der Waals surface area contributed by atoms with Gasteiger partial charge in [0.15, 0.2) is 11.6 Å². The van der Waals surface area contributed by atoms with Crippen LogP contribution in [0.15, 0.2) is 42.7 Å². The van der Waals surface area contributed by atoms with Gasteiger partial charge in [-0.15, -0.1) is 0 Å². The van der Waals surface area contributed by atoms with Crippen molar-refractivity contribution in [2.75, 3.05) is 37.2 Å². The fraction of sp³-hybridized carbons (Fsp3) is 0.200. The first-order chi connectivity index (χ1) is 14.0. The Labute approximate surface area is 174 Å². The van der Waals surface area contributed by atoms with Gasteiger partial charge in [0.05, 0.1) is 31.5 Å². The highest BCUT2D eigenvalue weighted by molar-refractivity contribution is 6.32. The van der Waals surface area contributed by atoms with Crippen LogP contribution in [0.3, 0.4) is 0 Å². The molecule has 3 rings (SSSR count). The Kier molecular flexibility index (Phi) is 6.46. The summed E-state index contributed by atoms with van der Waals surface area (Å²) >= 11 is 6.23. The van der Waals surface area contributed by atoms with Crippen LogP contribution in [0.25, 0.3) is 0 Å². The van der Waals surface area contributed by atoms with E-state index in [1.165, 1.54) is 13.4 Å². The summed E-state index contributed by atoms with van der Waals surface area (Å²) in [4.78, 5) is 8.45. The Morgan fingerprint density at radius 3 is 2.24 bits per heavy atom. The second kappa shape index (κ2) is 9.20. The zero-order chi connectivity index (χ0) is 20.8. The maximum atomic E-state index is 6.27. The third kappa shape index (κ3) is 4.72. The molecule has 9 heteroatoms. The lowest BCUT2D eigenvalue weighted by Gasteiger charge is -2.16. The predicted octanol–water partition coefficient (Wildman–Crippen LogP) is 4.62. The summed E-state index contributed by atoms with van der Waals surface area (Å²) in [5, 5.41) is 6.74. The summed E-state index contributed by atoms with van der Waals surface area (Å²) in [7, 11) is 3.09. The second-order valence-electron chi connectivity index (χ2n) is 5.88. The maximum Gasteiger partial charge on any atom is 0.159 e. The van der Waals surface area contributed by atoms with Crippen LogP contribution in [0, 0.1) is 0 Å². The standard InChI is InChI=1S/C20H22ClN5O3/c1-4-29-13-7-5-12(6-8-13)25-19-18(22)20(24-11-23-19)26-15-9-14(21)16(27-2)10-17(15)28-3/h5-11H,4,22H2,1-3H3,(H2,23,24,25,26). The fourth-order valence-corrected chi connectivity index (χ4v) is 2.86. The van der Waals surface area contributed by atoms with Crippen LogP contribution in [0.5, 0.6) is 17.2 Å². The number of nitrogens with two attached hydrogens (primary N) is 1. The van der Waals surface area contributed by atoms with Crippen LogP contribution in [0.4, 0.5) is 28.7 Å². The van der Waals surface area contributed by atoms with Crippen molar-refractivity contribution >= 4 is 40.3 Å². The molecule has 0 saturated carbocycles. The highest BCUT2D eigenvalue weighted by Crippen LogP contribution is 2.38. The molecule has 1 aromatic heterocycles. The van der Waals surface area contributed by atoms with Gasteiger partial charge in [-0.1, -0.05) is 11.6 Å². The van der Waals surface area contributed by atoms with Crippen molar-refractivity contribution in [3.63, 3.8) is 0 Å². The molecular weight excluding hydrogens is 394 g/mol. The van der Waals surface area contributed by atoms with Crippen LogP contribution in [0.2, 0.25) is 5.02 Å². The number of benzene rings is 2. The van der Waals surface area contributed by atoms with Crippen molar-refractivity contribution in [2.24, 2.45) is 0 Å². The van der Waals surface area contributed by atoms with Crippen molar-refractivity contribution in [1.29, 1.82) is 0 Å². The number of nitrogens with zero attached hydrogens (tertiary/aromatic N) is 2. The highest BCUT2D eigenvalue weighted by Gasteiger charge is 2.14. The van der Waals surface area contributed by atoms with Crippen molar-refractivity contribution in [1.82, 2.24) is 9.97 Å². The number of hydrogen-bond donors (Lipinski definition) is 3. The molecular formula is C20H22ClN5O3. The van der Waals surface area contributed by atoms with Gasteiger partial charge in [-0.2, -0.15) is 0 Å². The van der Waals surface area contributed by atoms with Crippen LogP contribution >= 0.6 is 11.6 Å². The lowest BCUT2D eigenvalue weighted by Crippen LogP contribution is -2.06. The van der Waals surface area contributed by atoms with Gasteiger partial charge in [0.25, 0.3) is 0 Å². The molecule has 3 aromatic rings. The zero-order valence-corrected chi connectivity index (χ0v) is 17.1. The number of nitrogen functional groups attached to an aromatic ring is 1. The lowest BCUT2D eigenvalue weighted by molar-refractivity contribution is 0.340. The lowest BCUT2D eigenvalue weighted by atomic mass is 10.2. The first-order valence-electron chi connectivity index (χ1n) is 8.84. The molecule has 0 bridgehead atoms. The molecule has 152 valence electrons. The minimum Gasteiger partial charge on any atom is -0.495 e. The van der Waals surface area contributed by atoms with Crippen LogP contribution < -0.4 is 30.6 Å². The van der Waals surface area contributed by atoms with Gasteiger partial charge in [-0.3, -0.25) is 0 Å². The number of nitrogens with one attached hydrogen (secondary N) is 2. The number of rotatable bonds is 8. The second-order valence-corrected chi connectivity index (χ2v) is 6.29. The molecule has 0 aliphatic heterocycles. The van der Waals surface area contributed by atoms with E-state index in [-0.39, 0.29) is 0 Å². The number of ether oxygens (including phenoxy) is 3. The molecule has 0 spiro atoms. The summed E-state index contributed by atoms with van der Waals surface area (Å²) in [6.45, 7) is 2.55. The summed E-state index contributed by atoms with van der Waals surface area (Å²) in [5.74, 6) is 2.70. The molecule has 4 N–H and O–H groups in total. The minimum absolute atomic E-state index is 0.343. The van der Waals surface area contributed by atoms with Crippen molar-refractivity contribution in [3.8, 4) is 17.2 Å². The molecule has 8 nitrogen and oxygen atoms in total. The third-order valence-electron chi connectivity index (χ3n) is 4.04. The van der Waals surface area contributed by atoms with Gasteiger partial charge in [0.1, 0.15) is 29.3 Å². The van der Waals surface area contributed by atoms with E-state index in [1.807, 2.05) is 31.2 Å². The maximum absolute atomic E-state index is 6.27. The average Bonchev–Trinajstić information content (AvgIpc) is 2.73. The van der Waals surface area contributed by atoms with Crippen LogP contribution in [-0.2, 0) is 0 Å². The first kappa shape index (κ1) is 20.3. The van der Waals surface area contributed by atoms with Crippen LogP contribution in [0.1, 0.15) is 6.92 Å². The fourth-order valence-electron chi connectivity index (χ4n) is 2.62. The molecule has 0 saturated heterocycles. The number of methoxy groups -OCH3 is 2. The van der Waals surface area contributed by atoms with Crippen molar-refractivity contribution in [3.05, 3.63) is 47.7 Å². The van der Waals surface area contributed by atoms with E-state index in [0.717, 1.165) is 11.4 Å². The Balaban J connectivity index is 1.84. The number of hydrogen-bond acceptors (Lipinski definition) is 8. The normalized spacial score (nSPS) is 10.3. The van der Waals surface area contributed by atoms with E-state index < -0.39 is 0 Å². The van der Waals surface area contributed by atoms with Crippen molar-refractivity contribution in [2.45, 2.75) is 6.92 Å². The van der Waals surface area contributed by atoms with E-state index >= 15 is 0 Å². The largest absolute Gasteiger partial charge is 0.495 e. The minimum atomic E-state index is 0.343. The summed E-state index contributed by atoms with van der Waals surface area (Å²) in [6.07, 6.45) is 1.41.